The summed E-state index contributed by atoms with van der Waals surface area (Å²) in [4.78, 5) is 23.1. The van der Waals surface area contributed by atoms with Crippen LogP contribution in [0.1, 0.15) is 239 Å². The van der Waals surface area contributed by atoms with Crippen molar-refractivity contribution in [1.82, 2.24) is 5.32 Å². The number of rotatable bonds is 51. The molecule has 0 aromatic heterocycles. The first-order valence-corrected chi connectivity index (χ1v) is 29.9. The van der Waals surface area contributed by atoms with Crippen LogP contribution in [0.25, 0.3) is 0 Å². The summed E-state index contributed by atoms with van der Waals surface area (Å²) in [5.41, 5.74) is 0. The minimum Gasteiger partial charge on any atom is -0.391 e. The fourth-order valence-corrected chi connectivity index (χ4v) is 8.70. The SMILES string of the molecule is CC/C=C\C/C=C\C/C=C\C/C=C\C/C=C\C/C=C\C/C=C\CCCCCCCCCCCCCCCCCCCCCC(=O)NC(COP(=O)(O)OCC[N+](C)(C)C)C(O)CCCCCCCC. The van der Waals surface area contributed by atoms with Gasteiger partial charge in [-0.05, 0) is 70.6 Å². The van der Waals surface area contributed by atoms with Crippen LogP contribution in [0.5, 0.6) is 0 Å². The average Bonchev–Trinajstić information content (AvgIpc) is 3.31. The van der Waals surface area contributed by atoms with Gasteiger partial charge in [0.2, 0.25) is 5.91 Å². The molecule has 400 valence electrons. The lowest BCUT2D eigenvalue weighted by atomic mass is 10.0. The van der Waals surface area contributed by atoms with Crippen molar-refractivity contribution >= 4 is 13.7 Å². The first-order chi connectivity index (χ1) is 33.5. The van der Waals surface area contributed by atoms with Crippen LogP contribution in [0.15, 0.2) is 85.1 Å². The van der Waals surface area contributed by atoms with E-state index in [9.17, 15) is 19.4 Å². The number of phosphoric ester groups is 1. The van der Waals surface area contributed by atoms with Gasteiger partial charge in [0.05, 0.1) is 39.9 Å². The number of amides is 1. The molecule has 9 heteroatoms. The molecule has 69 heavy (non-hydrogen) atoms. The van der Waals surface area contributed by atoms with Crippen molar-refractivity contribution in [3.63, 3.8) is 0 Å². The molecule has 8 nitrogen and oxygen atoms in total. The topological polar surface area (TPSA) is 105 Å². The number of aliphatic hydroxyl groups is 1. The quantitative estimate of drug-likeness (QED) is 0.0243. The Balaban J connectivity index is 3.77. The maximum atomic E-state index is 12.9. The number of nitrogens with one attached hydrogen (secondary N) is 1. The number of carbonyl (C=O) groups excluding carboxylic acids is 1. The second-order valence-electron chi connectivity index (χ2n) is 20.3. The molecule has 0 aromatic carbocycles. The van der Waals surface area contributed by atoms with Crippen LogP contribution in [0.4, 0.5) is 0 Å². The number of unbranched alkanes of at least 4 members (excludes halogenated alkanes) is 24. The minimum atomic E-state index is -4.31. The molecule has 0 aliphatic rings. The lowest BCUT2D eigenvalue weighted by molar-refractivity contribution is -0.870. The Labute approximate surface area is 426 Å². The molecule has 0 bridgehead atoms. The molecular formula is C60H110N2O6P+. The molecule has 0 radical (unpaired) electrons. The average molecular weight is 987 g/mol. The van der Waals surface area contributed by atoms with E-state index < -0.39 is 20.0 Å². The van der Waals surface area contributed by atoms with Gasteiger partial charge >= 0.3 is 7.82 Å². The van der Waals surface area contributed by atoms with Crippen molar-refractivity contribution in [2.45, 2.75) is 251 Å². The van der Waals surface area contributed by atoms with Gasteiger partial charge in [-0.1, -0.05) is 247 Å². The molecule has 0 saturated heterocycles. The molecule has 0 saturated carbocycles. The molecule has 0 fully saturated rings. The van der Waals surface area contributed by atoms with Gasteiger partial charge in [0.25, 0.3) is 0 Å². The summed E-state index contributed by atoms with van der Waals surface area (Å²) in [5.74, 6) is -0.150. The Morgan fingerprint density at radius 3 is 1.28 bits per heavy atom. The zero-order valence-corrected chi connectivity index (χ0v) is 46.4. The Bertz CT molecular complexity index is 1400. The number of carbonyl (C=O) groups is 1. The zero-order chi connectivity index (χ0) is 50.6. The first-order valence-electron chi connectivity index (χ1n) is 28.5. The fraction of sp³-hybridized carbons (Fsp3) is 0.750. The van der Waals surface area contributed by atoms with E-state index >= 15 is 0 Å². The second-order valence-corrected chi connectivity index (χ2v) is 21.7. The van der Waals surface area contributed by atoms with E-state index in [1.54, 1.807) is 0 Å². The lowest BCUT2D eigenvalue weighted by Gasteiger charge is -2.26. The Morgan fingerprint density at radius 1 is 0.507 bits per heavy atom. The molecule has 3 unspecified atom stereocenters. The van der Waals surface area contributed by atoms with Crippen LogP contribution in [0.3, 0.4) is 0 Å². The highest BCUT2D eigenvalue weighted by atomic mass is 31.2. The van der Waals surface area contributed by atoms with Crippen molar-refractivity contribution in [3.05, 3.63) is 85.1 Å². The van der Waals surface area contributed by atoms with Crippen LogP contribution in [0, 0.1) is 0 Å². The van der Waals surface area contributed by atoms with E-state index in [4.69, 9.17) is 9.05 Å². The molecule has 3 atom stereocenters. The number of hydrogen-bond donors (Lipinski definition) is 3. The van der Waals surface area contributed by atoms with E-state index in [1.165, 1.54) is 128 Å². The van der Waals surface area contributed by atoms with Crippen molar-refractivity contribution in [2.75, 3.05) is 40.9 Å². The number of aliphatic hydroxyl groups excluding tert-OH is 1. The van der Waals surface area contributed by atoms with Crippen molar-refractivity contribution in [2.24, 2.45) is 0 Å². The van der Waals surface area contributed by atoms with E-state index in [-0.39, 0.29) is 19.1 Å². The number of nitrogens with zero attached hydrogens (tertiary/aromatic N) is 1. The van der Waals surface area contributed by atoms with E-state index in [0.29, 0.717) is 23.9 Å². The highest BCUT2D eigenvalue weighted by molar-refractivity contribution is 7.47. The van der Waals surface area contributed by atoms with Crippen molar-refractivity contribution in [1.29, 1.82) is 0 Å². The van der Waals surface area contributed by atoms with Gasteiger partial charge in [-0.15, -0.1) is 0 Å². The molecule has 1 amide bonds. The van der Waals surface area contributed by atoms with Crippen LogP contribution < -0.4 is 5.32 Å². The van der Waals surface area contributed by atoms with Crippen LogP contribution in [0.2, 0.25) is 0 Å². The Kier molecular flexibility index (Phi) is 48.9. The third-order valence-electron chi connectivity index (χ3n) is 12.4. The van der Waals surface area contributed by atoms with Crippen molar-refractivity contribution in [3.8, 4) is 0 Å². The summed E-state index contributed by atoms with van der Waals surface area (Å²) in [6.45, 7) is 4.70. The lowest BCUT2D eigenvalue weighted by Crippen LogP contribution is -2.46. The molecule has 0 aromatic rings. The second kappa shape index (κ2) is 50.6. The molecule has 0 spiro atoms. The summed E-state index contributed by atoms with van der Waals surface area (Å²) >= 11 is 0. The molecule has 3 N–H and O–H groups in total. The third-order valence-corrected chi connectivity index (χ3v) is 13.4. The molecule has 0 rings (SSSR count). The molecule has 0 aliphatic carbocycles. The zero-order valence-electron chi connectivity index (χ0n) is 45.5. The van der Waals surface area contributed by atoms with Crippen LogP contribution in [-0.2, 0) is 18.4 Å². The van der Waals surface area contributed by atoms with Gasteiger partial charge in [0, 0.05) is 6.42 Å². The number of allylic oxidation sites excluding steroid dienone is 14. The number of likely N-dealkylation sites (N-methyl/N-ethyl adjacent to an activating group) is 1. The van der Waals surface area contributed by atoms with E-state index in [1.807, 2.05) is 21.1 Å². The maximum Gasteiger partial charge on any atom is 0.472 e. The normalized spacial score (nSPS) is 14.6. The third kappa shape index (κ3) is 53.3. The number of hydrogen-bond acceptors (Lipinski definition) is 5. The first kappa shape index (κ1) is 66.7. The summed E-state index contributed by atoms with van der Waals surface area (Å²) in [6.07, 6.45) is 71.3. The molecule has 0 aliphatic heterocycles. The maximum absolute atomic E-state index is 12.9. The Morgan fingerprint density at radius 2 is 0.870 bits per heavy atom. The van der Waals surface area contributed by atoms with Gasteiger partial charge in [0.1, 0.15) is 13.2 Å². The summed E-state index contributed by atoms with van der Waals surface area (Å²) in [6, 6.07) is -0.758. The fourth-order valence-electron chi connectivity index (χ4n) is 7.97. The van der Waals surface area contributed by atoms with Gasteiger partial charge in [-0.25, -0.2) is 4.57 Å². The predicted octanol–water partition coefficient (Wildman–Crippen LogP) is 17.3. The van der Waals surface area contributed by atoms with Gasteiger partial charge in [-0.3, -0.25) is 13.8 Å². The highest BCUT2D eigenvalue weighted by Crippen LogP contribution is 2.43. The van der Waals surface area contributed by atoms with E-state index in [0.717, 1.165) is 83.5 Å². The number of quaternary nitrogens is 1. The smallest absolute Gasteiger partial charge is 0.391 e. The molecule has 0 heterocycles. The number of phosphoric acid groups is 1. The van der Waals surface area contributed by atoms with Crippen molar-refractivity contribution < 1.29 is 32.9 Å². The van der Waals surface area contributed by atoms with Crippen LogP contribution >= 0.6 is 7.82 Å². The molecular weight excluding hydrogens is 876 g/mol. The predicted molar refractivity (Wildman–Crippen MR) is 299 cm³/mol. The Hall–Kier alpha value is -2.32. The van der Waals surface area contributed by atoms with Gasteiger partial charge in [-0.2, -0.15) is 0 Å². The standard InChI is InChI=1S/C60H109N2O6P/c1-6-8-10-12-14-15-16-17-18-19-20-21-22-23-24-25-26-27-28-29-30-31-32-33-34-35-36-37-38-39-40-41-42-43-44-45-46-47-48-50-52-54-60(64)61-58(59(63)53-51-49-13-11-9-7-2)57-68-69(65,66)67-56-55-62(3,4)5/h8,10,14-15,17-18,20-21,23-24,26-27,29-30,58-59,63H,6-7,9,11-13,16,19,22,25,28,31-57H2,1-5H3,(H-,61,64,65,66)/p+1/b10-8-,15-14-,18-17-,21-20-,24-23-,27-26-,30-29-. The monoisotopic (exact) mass is 986 g/mol. The minimum absolute atomic E-state index is 0.0730. The largest absolute Gasteiger partial charge is 0.472 e. The summed E-state index contributed by atoms with van der Waals surface area (Å²) < 4.78 is 23.5. The van der Waals surface area contributed by atoms with Gasteiger partial charge < -0.3 is 19.8 Å². The van der Waals surface area contributed by atoms with E-state index in [2.05, 4.69) is 104 Å². The summed E-state index contributed by atoms with van der Waals surface area (Å²) in [5, 5.41) is 13.8. The highest BCUT2D eigenvalue weighted by Gasteiger charge is 2.28. The summed E-state index contributed by atoms with van der Waals surface area (Å²) in [7, 11) is 1.61. The van der Waals surface area contributed by atoms with Gasteiger partial charge in [0.15, 0.2) is 0 Å². The van der Waals surface area contributed by atoms with Crippen LogP contribution in [-0.4, -0.2) is 73.4 Å².